The smallest absolute Gasteiger partial charge is 0.306 e. The highest BCUT2D eigenvalue weighted by atomic mass is 16.6. The molecule has 4 nitrogen and oxygen atoms in total. The summed E-state index contributed by atoms with van der Waals surface area (Å²) < 4.78 is 11.1. The van der Waals surface area contributed by atoms with Gasteiger partial charge in [-0.2, -0.15) is 0 Å². The van der Waals surface area contributed by atoms with Gasteiger partial charge in [0.05, 0.1) is 6.61 Å². The second kappa shape index (κ2) is 33.8. The van der Waals surface area contributed by atoms with E-state index in [0.717, 1.165) is 25.7 Å². The molecule has 264 valence electrons. The van der Waals surface area contributed by atoms with Crippen molar-refractivity contribution in [2.45, 2.75) is 219 Å². The molecule has 0 saturated carbocycles. The van der Waals surface area contributed by atoms with Gasteiger partial charge in [0.15, 0.2) is 0 Å². The van der Waals surface area contributed by atoms with E-state index in [1.807, 2.05) is 13.8 Å². The molecule has 0 radical (unpaired) electrons. The Kier molecular flexibility index (Phi) is 32.6. The van der Waals surface area contributed by atoms with Gasteiger partial charge in [-0.25, -0.2) is 0 Å². The van der Waals surface area contributed by atoms with Gasteiger partial charge in [0.1, 0.15) is 5.60 Å². The summed E-state index contributed by atoms with van der Waals surface area (Å²) in [6.45, 7) is 8.65. The van der Waals surface area contributed by atoms with E-state index in [9.17, 15) is 9.59 Å². The zero-order valence-corrected chi connectivity index (χ0v) is 30.7. The molecule has 0 heterocycles. The molecular formula is C41H76O4. The van der Waals surface area contributed by atoms with E-state index in [4.69, 9.17) is 9.47 Å². The molecule has 4 heteroatoms. The van der Waals surface area contributed by atoms with Gasteiger partial charge < -0.3 is 9.47 Å². The number of hydrogen-bond donors (Lipinski definition) is 0. The maximum Gasteiger partial charge on any atom is 0.306 e. The predicted octanol–water partition coefficient (Wildman–Crippen LogP) is 13.3. The Bertz CT molecular complexity index is 708. The molecule has 0 bridgehead atoms. The lowest BCUT2D eigenvalue weighted by Gasteiger charge is -2.25. The van der Waals surface area contributed by atoms with Crippen LogP contribution >= 0.6 is 0 Å². The van der Waals surface area contributed by atoms with Crippen LogP contribution in [0, 0.1) is 0 Å². The molecule has 45 heavy (non-hydrogen) atoms. The van der Waals surface area contributed by atoms with E-state index in [1.54, 1.807) is 0 Å². The van der Waals surface area contributed by atoms with Crippen LogP contribution in [0.2, 0.25) is 0 Å². The Morgan fingerprint density at radius 1 is 0.467 bits per heavy atom. The van der Waals surface area contributed by atoms with Crippen LogP contribution in [0.3, 0.4) is 0 Å². The van der Waals surface area contributed by atoms with Crippen LogP contribution in [0.15, 0.2) is 24.3 Å². The highest BCUT2D eigenvalue weighted by Gasteiger charge is 2.23. The molecule has 0 spiro atoms. The van der Waals surface area contributed by atoms with Crippen molar-refractivity contribution >= 4 is 11.9 Å². The van der Waals surface area contributed by atoms with Crippen molar-refractivity contribution in [1.82, 2.24) is 0 Å². The van der Waals surface area contributed by atoms with Crippen molar-refractivity contribution in [2.75, 3.05) is 6.61 Å². The van der Waals surface area contributed by atoms with E-state index in [1.165, 1.54) is 141 Å². The van der Waals surface area contributed by atoms with Crippen LogP contribution in [-0.4, -0.2) is 24.1 Å². The summed E-state index contributed by atoms with van der Waals surface area (Å²) in [5, 5.41) is 0. The number of rotatable bonds is 34. The molecule has 0 rings (SSSR count). The molecule has 0 atom stereocenters. The standard InChI is InChI=1S/C41H76O4/c1-5-7-9-11-13-15-17-19-21-23-25-27-29-31-33-35-39(42)44-38-37-41(3,4)45-40(43)36-34-32-30-28-26-24-22-20-18-16-14-12-10-8-6-2/h19-22H,5-18,23-38H2,1-4H3/b21-19-,22-20-. The van der Waals surface area contributed by atoms with Gasteiger partial charge in [-0.3, -0.25) is 9.59 Å². The van der Waals surface area contributed by atoms with Crippen molar-refractivity contribution in [3.63, 3.8) is 0 Å². The molecule has 0 aromatic carbocycles. The largest absolute Gasteiger partial charge is 0.466 e. The van der Waals surface area contributed by atoms with Crippen molar-refractivity contribution in [3.05, 3.63) is 24.3 Å². The van der Waals surface area contributed by atoms with Crippen molar-refractivity contribution in [3.8, 4) is 0 Å². The third kappa shape index (κ3) is 35.1. The molecule has 0 aromatic rings. The first-order valence-corrected chi connectivity index (χ1v) is 19.6. The Morgan fingerprint density at radius 3 is 1.20 bits per heavy atom. The van der Waals surface area contributed by atoms with Gasteiger partial charge in [-0.1, -0.05) is 141 Å². The molecule has 0 aliphatic heterocycles. The molecule has 0 saturated heterocycles. The molecule has 0 unspecified atom stereocenters. The minimum absolute atomic E-state index is 0.136. The fourth-order valence-electron chi connectivity index (χ4n) is 5.57. The quantitative estimate of drug-likeness (QED) is 0.0402. The summed E-state index contributed by atoms with van der Waals surface area (Å²) in [6, 6.07) is 0. The summed E-state index contributed by atoms with van der Waals surface area (Å²) in [4.78, 5) is 24.4. The summed E-state index contributed by atoms with van der Waals surface area (Å²) in [7, 11) is 0. The molecule has 0 aliphatic carbocycles. The lowest BCUT2D eigenvalue weighted by molar-refractivity contribution is -0.159. The van der Waals surface area contributed by atoms with Crippen molar-refractivity contribution in [2.24, 2.45) is 0 Å². The van der Waals surface area contributed by atoms with E-state index in [-0.39, 0.29) is 11.9 Å². The Morgan fingerprint density at radius 2 is 0.800 bits per heavy atom. The van der Waals surface area contributed by atoms with Crippen LogP contribution < -0.4 is 0 Å². The number of ether oxygens (including phenoxy) is 2. The molecular weight excluding hydrogens is 556 g/mol. The summed E-state index contributed by atoms with van der Waals surface area (Å²) in [5.41, 5.74) is -0.609. The first-order valence-electron chi connectivity index (χ1n) is 19.6. The highest BCUT2D eigenvalue weighted by Crippen LogP contribution is 2.18. The normalized spacial score (nSPS) is 12.0. The minimum Gasteiger partial charge on any atom is -0.466 e. The SMILES string of the molecule is CCCCCCCC/C=C\CCCCCCCC(=O)OCCC(C)(C)OC(=O)CCCCCCC/C=C\CCCCCCCC. The van der Waals surface area contributed by atoms with Crippen LogP contribution in [0.25, 0.3) is 0 Å². The van der Waals surface area contributed by atoms with Crippen LogP contribution in [0.4, 0.5) is 0 Å². The summed E-state index contributed by atoms with van der Waals surface area (Å²) in [5.74, 6) is -0.278. The average molecular weight is 633 g/mol. The fraction of sp³-hybridized carbons (Fsp3) is 0.854. The van der Waals surface area contributed by atoms with Crippen LogP contribution in [0.1, 0.15) is 214 Å². The number of esters is 2. The van der Waals surface area contributed by atoms with Crippen molar-refractivity contribution < 1.29 is 19.1 Å². The van der Waals surface area contributed by atoms with E-state index >= 15 is 0 Å². The Labute approximate surface area is 281 Å². The third-order valence-corrected chi connectivity index (χ3v) is 8.64. The molecule has 0 fully saturated rings. The summed E-state index contributed by atoms with van der Waals surface area (Å²) >= 11 is 0. The van der Waals surface area contributed by atoms with Crippen molar-refractivity contribution in [1.29, 1.82) is 0 Å². The minimum atomic E-state index is -0.609. The Balaban J connectivity index is 3.58. The van der Waals surface area contributed by atoms with Gasteiger partial charge in [-0.05, 0) is 78.1 Å². The fourth-order valence-corrected chi connectivity index (χ4v) is 5.57. The second-order valence-electron chi connectivity index (χ2n) is 13.9. The molecule has 0 aliphatic rings. The first kappa shape index (κ1) is 43.4. The monoisotopic (exact) mass is 633 g/mol. The molecule has 0 aromatic heterocycles. The average Bonchev–Trinajstić information content (AvgIpc) is 3.00. The van der Waals surface area contributed by atoms with Gasteiger partial charge in [-0.15, -0.1) is 0 Å². The third-order valence-electron chi connectivity index (χ3n) is 8.64. The van der Waals surface area contributed by atoms with Crippen LogP contribution in [-0.2, 0) is 19.1 Å². The van der Waals surface area contributed by atoms with Gasteiger partial charge in [0, 0.05) is 19.3 Å². The molecule has 0 amide bonds. The first-order chi connectivity index (χ1) is 21.9. The number of hydrogen-bond acceptors (Lipinski definition) is 4. The number of unbranched alkanes of at least 4 members (excludes halogenated alkanes) is 22. The maximum absolute atomic E-state index is 12.3. The van der Waals surface area contributed by atoms with E-state index in [0.29, 0.717) is 25.9 Å². The number of carbonyl (C=O) groups excluding carboxylic acids is 2. The highest BCUT2D eigenvalue weighted by molar-refractivity contribution is 5.70. The van der Waals surface area contributed by atoms with Crippen LogP contribution in [0.5, 0.6) is 0 Å². The summed E-state index contributed by atoms with van der Waals surface area (Å²) in [6.07, 6.45) is 43.3. The maximum atomic E-state index is 12.3. The van der Waals surface area contributed by atoms with E-state index in [2.05, 4.69) is 38.2 Å². The zero-order chi connectivity index (χ0) is 33.1. The number of allylic oxidation sites excluding steroid dienone is 4. The second-order valence-corrected chi connectivity index (χ2v) is 13.9. The van der Waals surface area contributed by atoms with Gasteiger partial charge in [0.2, 0.25) is 0 Å². The van der Waals surface area contributed by atoms with E-state index < -0.39 is 5.60 Å². The lowest BCUT2D eigenvalue weighted by Crippen LogP contribution is -2.30. The van der Waals surface area contributed by atoms with Gasteiger partial charge >= 0.3 is 11.9 Å². The Hall–Kier alpha value is -1.58. The lowest BCUT2D eigenvalue weighted by atomic mass is 10.1. The zero-order valence-electron chi connectivity index (χ0n) is 30.7. The molecule has 0 N–H and O–H groups in total. The topological polar surface area (TPSA) is 52.6 Å². The predicted molar refractivity (Wildman–Crippen MR) is 195 cm³/mol. The van der Waals surface area contributed by atoms with Gasteiger partial charge in [0.25, 0.3) is 0 Å². The number of carbonyl (C=O) groups is 2.